The van der Waals surface area contributed by atoms with Gasteiger partial charge in [-0.05, 0) is 42.6 Å². The molecule has 1 fully saturated rings. The van der Waals surface area contributed by atoms with Crippen LogP contribution in [0.15, 0.2) is 46.0 Å². The van der Waals surface area contributed by atoms with Crippen LogP contribution in [0.25, 0.3) is 10.4 Å². The zero-order valence-corrected chi connectivity index (χ0v) is 15.2. The lowest BCUT2D eigenvalue weighted by atomic mass is 9.94. The van der Waals surface area contributed by atoms with E-state index < -0.39 is 0 Å². The first kappa shape index (κ1) is 18.2. The smallest absolute Gasteiger partial charge is 0.253 e. The van der Waals surface area contributed by atoms with Crippen molar-refractivity contribution in [2.45, 2.75) is 31.8 Å². The topological polar surface area (TPSA) is 93.5 Å². The van der Waals surface area contributed by atoms with E-state index in [1.807, 2.05) is 49.2 Å². The van der Waals surface area contributed by atoms with E-state index in [0.29, 0.717) is 25.2 Å². The molecule has 1 aromatic carbocycles. The van der Waals surface area contributed by atoms with Gasteiger partial charge in [-0.25, -0.2) is 0 Å². The molecule has 7 nitrogen and oxygen atoms in total. The third kappa shape index (κ3) is 4.31. The number of nitrogens with zero attached hydrogens (tertiary/aromatic N) is 5. The van der Waals surface area contributed by atoms with Crippen LogP contribution in [-0.4, -0.2) is 55.3 Å². The SMILES string of the molecule is CC1=CC(c2ccc(C(=O)N3CC(C)NC(CN=[N+]=[N-])C3)cc2)CN=C1. The molecule has 0 aliphatic carbocycles. The number of allylic oxidation sites excluding steroid dienone is 1. The Kier molecular flexibility index (Phi) is 5.71. The Hall–Kier alpha value is -2.63. The van der Waals surface area contributed by atoms with Crippen LogP contribution in [0.5, 0.6) is 0 Å². The Morgan fingerprint density at radius 3 is 2.85 bits per heavy atom. The summed E-state index contributed by atoms with van der Waals surface area (Å²) in [5.41, 5.74) is 11.5. The number of amides is 1. The van der Waals surface area contributed by atoms with Crippen molar-refractivity contribution in [3.05, 3.63) is 57.5 Å². The van der Waals surface area contributed by atoms with E-state index in [2.05, 4.69) is 26.4 Å². The van der Waals surface area contributed by atoms with E-state index in [9.17, 15) is 4.79 Å². The van der Waals surface area contributed by atoms with Gasteiger partial charge in [0.15, 0.2) is 0 Å². The molecule has 1 N–H and O–H groups in total. The second kappa shape index (κ2) is 8.17. The first-order chi connectivity index (χ1) is 12.6. The van der Waals surface area contributed by atoms with Gasteiger partial charge in [0.25, 0.3) is 5.91 Å². The molecule has 2 aliphatic rings. The largest absolute Gasteiger partial charge is 0.336 e. The molecular weight excluding hydrogens is 328 g/mol. The highest BCUT2D eigenvalue weighted by Crippen LogP contribution is 2.23. The van der Waals surface area contributed by atoms with Gasteiger partial charge in [0.05, 0.1) is 0 Å². The fourth-order valence-electron chi connectivity index (χ4n) is 3.57. The molecule has 1 saturated heterocycles. The zero-order chi connectivity index (χ0) is 18.5. The van der Waals surface area contributed by atoms with Crippen LogP contribution >= 0.6 is 0 Å². The third-order valence-electron chi connectivity index (χ3n) is 4.75. The lowest BCUT2D eigenvalue weighted by Crippen LogP contribution is -2.57. The first-order valence-electron chi connectivity index (χ1n) is 8.91. The summed E-state index contributed by atoms with van der Waals surface area (Å²) in [7, 11) is 0. The van der Waals surface area contributed by atoms with Gasteiger partial charge in [0.1, 0.15) is 0 Å². The fourth-order valence-corrected chi connectivity index (χ4v) is 3.57. The number of hydrogen-bond acceptors (Lipinski definition) is 4. The Labute approximate surface area is 153 Å². The molecular formula is C19H24N6O. The van der Waals surface area contributed by atoms with E-state index in [1.54, 1.807) is 0 Å². The Morgan fingerprint density at radius 1 is 1.38 bits per heavy atom. The van der Waals surface area contributed by atoms with Crippen molar-refractivity contribution in [3.8, 4) is 0 Å². The van der Waals surface area contributed by atoms with Crippen molar-refractivity contribution in [2.24, 2.45) is 10.1 Å². The quantitative estimate of drug-likeness (QED) is 0.512. The number of azide groups is 1. The van der Waals surface area contributed by atoms with Gasteiger partial charge in [-0.2, -0.15) is 0 Å². The summed E-state index contributed by atoms with van der Waals surface area (Å²) in [4.78, 5) is 21.9. The summed E-state index contributed by atoms with van der Waals surface area (Å²) in [6.07, 6.45) is 4.11. The second-order valence-corrected chi connectivity index (χ2v) is 7.02. The molecule has 1 aromatic rings. The fraction of sp³-hybridized carbons (Fsp3) is 0.474. The Morgan fingerprint density at radius 2 is 2.15 bits per heavy atom. The van der Waals surface area contributed by atoms with Crippen LogP contribution in [0.2, 0.25) is 0 Å². The van der Waals surface area contributed by atoms with Crippen LogP contribution in [0.3, 0.4) is 0 Å². The summed E-state index contributed by atoms with van der Waals surface area (Å²) in [5, 5.41) is 6.99. The highest BCUT2D eigenvalue weighted by molar-refractivity contribution is 5.94. The highest BCUT2D eigenvalue weighted by atomic mass is 16.2. The minimum atomic E-state index is -0.00825. The molecule has 0 spiro atoms. The summed E-state index contributed by atoms with van der Waals surface area (Å²) >= 11 is 0. The molecule has 3 atom stereocenters. The molecule has 0 bridgehead atoms. The number of aliphatic imine (C=N–C) groups is 1. The maximum Gasteiger partial charge on any atom is 0.253 e. The van der Waals surface area contributed by atoms with Crippen LogP contribution in [0.4, 0.5) is 0 Å². The lowest BCUT2D eigenvalue weighted by Gasteiger charge is -2.37. The number of nitrogens with one attached hydrogen (secondary N) is 1. The van der Waals surface area contributed by atoms with Crippen molar-refractivity contribution in [1.82, 2.24) is 10.2 Å². The lowest BCUT2D eigenvalue weighted by molar-refractivity contribution is 0.0669. The van der Waals surface area contributed by atoms with Crippen LogP contribution in [-0.2, 0) is 0 Å². The molecule has 2 heterocycles. The minimum absolute atomic E-state index is 0.00825. The molecule has 3 rings (SSSR count). The number of carbonyl (C=O) groups is 1. The van der Waals surface area contributed by atoms with Crippen molar-refractivity contribution < 1.29 is 4.79 Å². The molecule has 2 aliphatic heterocycles. The summed E-state index contributed by atoms with van der Waals surface area (Å²) in [6, 6.07) is 7.99. The monoisotopic (exact) mass is 352 g/mol. The normalized spacial score (nSPS) is 25.4. The molecule has 0 aromatic heterocycles. The Bertz CT molecular complexity index is 763. The van der Waals surface area contributed by atoms with Gasteiger partial charge in [-0.3, -0.25) is 9.79 Å². The summed E-state index contributed by atoms with van der Waals surface area (Å²) in [6.45, 7) is 6.37. The van der Waals surface area contributed by atoms with E-state index >= 15 is 0 Å². The number of dihydropyridines is 1. The third-order valence-corrected chi connectivity index (χ3v) is 4.75. The van der Waals surface area contributed by atoms with Crippen LogP contribution < -0.4 is 5.32 Å². The number of benzene rings is 1. The molecule has 3 unspecified atom stereocenters. The number of rotatable bonds is 4. The van der Waals surface area contributed by atoms with Gasteiger partial charge in [0, 0.05) is 60.9 Å². The minimum Gasteiger partial charge on any atom is -0.336 e. The highest BCUT2D eigenvalue weighted by Gasteiger charge is 2.27. The number of carbonyl (C=O) groups excluding carboxylic acids is 1. The molecule has 136 valence electrons. The van der Waals surface area contributed by atoms with Crippen molar-refractivity contribution in [2.75, 3.05) is 26.2 Å². The van der Waals surface area contributed by atoms with Crippen molar-refractivity contribution in [1.29, 1.82) is 0 Å². The second-order valence-electron chi connectivity index (χ2n) is 7.02. The standard InChI is InChI=1S/C19H24N6O/c1-13-7-17(9-21-8-13)15-3-5-16(6-4-15)19(26)25-11-14(2)23-18(12-25)10-22-24-20/h3-8,14,17-18,23H,9-12H2,1-2H3. The predicted molar refractivity (Wildman–Crippen MR) is 103 cm³/mol. The van der Waals surface area contributed by atoms with Gasteiger partial charge >= 0.3 is 0 Å². The predicted octanol–water partition coefficient (Wildman–Crippen LogP) is 2.91. The number of hydrogen-bond donors (Lipinski definition) is 1. The first-order valence-corrected chi connectivity index (χ1v) is 8.91. The zero-order valence-electron chi connectivity index (χ0n) is 15.2. The molecule has 26 heavy (non-hydrogen) atoms. The van der Waals surface area contributed by atoms with Gasteiger partial charge in [-0.15, -0.1) is 0 Å². The molecule has 1 amide bonds. The van der Waals surface area contributed by atoms with Gasteiger partial charge < -0.3 is 10.2 Å². The molecule has 7 heteroatoms. The van der Waals surface area contributed by atoms with Crippen molar-refractivity contribution in [3.63, 3.8) is 0 Å². The van der Waals surface area contributed by atoms with Crippen LogP contribution in [0, 0.1) is 0 Å². The summed E-state index contributed by atoms with van der Waals surface area (Å²) in [5.74, 6) is 0.292. The summed E-state index contributed by atoms with van der Waals surface area (Å²) < 4.78 is 0. The average Bonchev–Trinajstić information content (AvgIpc) is 2.65. The molecule has 0 saturated carbocycles. The van der Waals surface area contributed by atoms with E-state index in [0.717, 1.165) is 6.54 Å². The van der Waals surface area contributed by atoms with E-state index in [1.165, 1.54) is 11.1 Å². The van der Waals surface area contributed by atoms with E-state index in [-0.39, 0.29) is 23.9 Å². The van der Waals surface area contributed by atoms with Gasteiger partial charge in [0.2, 0.25) is 0 Å². The molecule has 0 radical (unpaired) electrons. The van der Waals surface area contributed by atoms with Crippen LogP contribution in [0.1, 0.15) is 35.7 Å². The average molecular weight is 352 g/mol. The van der Waals surface area contributed by atoms with E-state index in [4.69, 9.17) is 5.53 Å². The number of piperazine rings is 1. The van der Waals surface area contributed by atoms with Crippen molar-refractivity contribution >= 4 is 12.1 Å². The maximum atomic E-state index is 12.9. The Balaban J connectivity index is 1.69. The van der Waals surface area contributed by atoms with Gasteiger partial charge in [-0.1, -0.05) is 23.3 Å². The maximum absolute atomic E-state index is 12.9.